The highest BCUT2D eigenvalue weighted by atomic mass is 35.5. The van der Waals surface area contributed by atoms with Crippen molar-refractivity contribution in [2.45, 2.75) is 12.6 Å². The van der Waals surface area contributed by atoms with Crippen LogP contribution >= 0.6 is 11.6 Å². The summed E-state index contributed by atoms with van der Waals surface area (Å²) < 4.78 is 0. The molecule has 0 radical (unpaired) electrons. The lowest BCUT2D eigenvalue weighted by Crippen LogP contribution is -2.40. The van der Waals surface area contributed by atoms with E-state index in [1.54, 1.807) is 31.3 Å². The van der Waals surface area contributed by atoms with E-state index in [2.05, 4.69) is 37.3 Å². The van der Waals surface area contributed by atoms with Crippen LogP contribution in [0.2, 0.25) is 5.02 Å². The number of nitrogens with zero attached hydrogens (tertiary/aromatic N) is 7. The smallest absolute Gasteiger partial charge is 0.254 e. The number of carbonyl (C=O) groups is 2. The number of aromatic nitrogens is 3. The number of carbonyl (C=O) groups excluding carboxylic acids is 2. The monoisotopic (exact) mass is 578 g/mol. The molecule has 13 nitrogen and oxygen atoms in total. The number of benzene rings is 1. The molecule has 0 bridgehead atoms. The number of aliphatic hydroxyl groups excluding tert-OH is 1. The van der Waals surface area contributed by atoms with Gasteiger partial charge < -0.3 is 25.5 Å². The summed E-state index contributed by atoms with van der Waals surface area (Å²) in [7, 11) is 5.27. The molecular formula is C27H31ClN10O3. The summed E-state index contributed by atoms with van der Waals surface area (Å²) in [6, 6.07) is 9.96. The lowest BCUT2D eigenvalue weighted by atomic mass is 10.0. The number of aliphatic hydroxyl groups is 1. The topological polar surface area (TPSA) is 165 Å². The molecule has 1 atom stereocenters. The van der Waals surface area contributed by atoms with E-state index in [0.29, 0.717) is 39.1 Å². The average molecular weight is 579 g/mol. The zero-order valence-electron chi connectivity index (χ0n) is 22.9. The number of pyridine rings is 1. The molecule has 2 amide bonds. The standard InChI is InChI=1S/C27H31ClN10O3/c1-16(11-31-37(4)29)32-27-30-12-20(28)25(35-27)17-8-9-18-13-38(26(41)19(18)10-17)14-24(40)34-22(15-39)21-6-5-7-23(33-21)36(2)3/h5-12,22,39H,1,13-15,29H2,2-4H3,(H,34,40)(H,30,32,35)/b31-11-/t22-/m1/s1. The quantitative estimate of drug-likeness (QED) is 0.150. The molecule has 41 heavy (non-hydrogen) atoms. The Morgan fingerprint density at radius 2 is 2.07 bits per heavy atom. The van der Waals surface area contributed by atoms with Crippen molar-refractivity contribution in [2.75, 3.05) is 44.5 Å². The molecule has 214 valence electrons. The molecule has 0 aliphatic carbocycles. The molecule has 1 aliphatic heterocycles. The SMILES string of the molecule is C=C(/C=N\N(C)N)Nc1ncc(Cl)c(-c2ccc3c(c2)C(=O)N(CC(=O)N[C@H](CO)c2cccc(N(C)C)n2)C3)n1. The number of hydrazine groups is 1. The number of rotatable bonds is 11. The van der Waals surface area contributed by atoms with Crippen LogP contribution in [-0.2, 0) is 11.3 Å². The molecule has 5 N–H and O–H groups in total. The van der Waals surface area contributed by atoms with Crippen molar-refractivity contribution in [2.24, 2.45) is 10.9 Å². The van der Waals surface area contributed by atoms with E-state index in [9.17, 15) is 14.7 Å². The summed E-state index contributed by atoms with van der Waals surface area (Å²) in [6.07, 6.45) is 2.86. The third kappa shape index (κ3) is 7.14. The van der Waals surface area contributed by atoms with Gasteiger partial charge in [-0.1, -0.05) is 36.4 Å². The molecule has 0 saturated carbocycles. The van der Waals surface area contributed by atoms with Crippen LogP contribution in [0.1, 0.15) is 27.7 Å². The second-order valence-corrected chi connectivity index (χ2v) is 9.92. The summed E-state index contributed by atoms with van der Waals surface area (Å²) >= 11 is 6.39. The Bertz CT molecular complexity index is 1490. The summed E-state index contributed by atoms with van der Waals surface area (Å²) in [5, 5.41) is 20.9. The number of hydrazone groups is 1. The van der Waals surface area contributed by atoms with Crippen molar-refractivity contribution >= 4 is 41.4 Å². The molecule has 3 aromatic rings. The van der Waals surface area contributed by atoms with E-state index >= 15 is 0 Å². The number of allylic oxidation sites excluding steroid dienone is 1. The minimum absolute atomic E-state index is 0.184. The number of nitrogens with one attached hydrogen (secondary N) is 2. The molecule has 0 fully saturated rings. The summed E-state index contributed by atoms with van der Waals surface area (Å²) in [4.78, 5) is 42.5. The second kappa shape index (κ2) is 12.7. The van der Waals surface area contributed by atoms with Crippen LogP contribution in [0.4, 0.5) is 11.8 Å². The number of halogens is 1. The van der Waals surface area contributed by atoms with E-state index in [-0.39, 0.29) is 31.6 Å². The minimum atomic E-state index is -0.713. The van der Waals surface area contributed by atoms with Crippen molar-refractivity contribution in [3.8, 4) is 11.3 Å². The molecular weight excluding hydrogens is 548 g/mol. The summed E-state index contributed by atoms with van der Waals surface area (Å²) in [6.45, 7) is 3.57. The fourth-order valence-corrected chi connectivity index (χ4v) is 4.31. The number of fused-ring (bicyclic) bond motifs is 1. The second-order valence-electron chi connectivity index (χ2n) is 9.51. The predicted octanol–water partition coefficient (Wildman–Crippen LogP) is 1.78. The van der Waals surface area contributed by atoms with Gasteiger partial charge in [-0.3, -0.25) is 9.59 Å². The molecule has 1 aliphatic rings. The minimum Gasteiger partial charge on any atom is -0.394 e. The fraction of sp³-hybridized carbons (Fsp3) is 0.259. The number of hydrogen-bond donors (Lipinski definition) is 4. The Hall–Kier alpha value is -4.59. The molecule has 0 unspecified atom stereocenters. The Morgan fingerprint density at radius 3 is 2.78 bits per heavy atom. The van der Waals surface area contributed by atoms with Crippen LogP contribution in [0.25, 0.3) is 11.3 Å². The summed E-state index contributed by atoms with van der Waals surface area (Å²) in [5.41, 5.74) is 3.15. The van der Waals surface area contributed by atoms with Gasteiger partial charge in [-0.2, -0.15) is 5.10 Å². The Labute approximate surface area is 242 Å². The molecule has 3 heterocycles. The lowest BCUT2D eigenvalue weighted by molar-refractivity contribution is -0.122. The molecule has 14 heteroatoms. The Balaban J connectivity index is 1.46. The van der Waals surface area contributed by atoms with Gasteiger partial charge >= 0.3 is 0 Å². The van der Waals surface area contributed by atoms with E-state index in [0.717, 1.165) is 10.7 Å². The third-order valence-corrected chi connectivity index (χ3v) is 6.37. The Kier molecular flexibility index (Phi) is 9.12. The number of nitrogens with two attached hydrogens (primary N) is 1. The molecule has 4 rings (SSSR count). The Morgan fingerprint density at radius 1 is 1.29 bits per heavy atom. The van der Waals surface area contributed by atoms with Gasteiger partial charge in [0.15, 0.2) is 0 Å². The van der Waals surface area contributed by atoms with Gasteiger partial charge in [0.1, 0.15) is 12.4 Å². The maximum absolute atomic E-state index is 13.2. The van der Waals surface area contributed by atoms with Gasteiger partial charge in [-0.05, 0) is 23.8 Å². The van der Waals surface area contributed by atoms with Crippen LogP contribution in [0.15, 0.2) is 60.0 Å². The first-order chi connectivity index (χ1) is 19.5. The first kappa shape index (κ1) is 29.4. The van der Waals surface area contributed by atoms with Crippen LogP contribution in [0.5, 0.6) is 0 Å². The normalized spacial score (nSPS) is 13.2. The van der Waals surface area contributed by atoms with E-state index in [1.807, 2.05) is 31.1 Å². The molecule has 0 saturated heterocycles. The van der Waals surface area contributed by atoms with Gasteiger partial charge in [0.25, 0.3) is 5.91 Å². The molecule has 2 aromatic heterocycles. The van der Waals surface area contributed by atoms with E-state index in [4.69, 9.17) is 17.4 Å². The zero-order valence-corrected chi connectivity index (χ0v) is 23.6. The predicted molar refractivity (Wildman–Crippen MR) is 157 cm³/mol. The van der Waals surface area contributed by atoms with E-state index in [1.165, 1.54) is 17.3 Å². The largest absolute Gasteiger partial charge is 0.394 e. The van der Waals surface area contributed by atoms with Gasteiger partial charge in [-0.25, -0.2) is 25.9 Å². The van der Waals surface area contributed by atoms with E-state index < -0.39 is 11.9 Å². The van der Waals surface area contributed by atoms with Gasteiger partial charge in [0, 0.05) is 38.8 Å². The van der Waals surface area contributed by atoms with Crippen molar-refractivity contribution in [1.82, 2.24) is 30.3 Å². The van der Waals surface area contributed by atoms with Gasteiger partial charge in [0.2, 0.25) is 11.9 Å². The maximum atomic E-state index is 13.2. The third-order valence-electron chi connectivity index (χ3n) is 6.10. The van der Waals surface area contributed by atoms with Crippen LogP contribution in [0.3, 0.4) is 0 Å². The highest BCUT2D eigenvalue weighted by Gasteiger charge is 2.30. The van der Waals surface area contributed by atoms with Crippen LogP contribution < -0.4 is 21.4 Å². The van der Waals surface area contributed by atoms with Crippen LogP contribution in [-0.4, -0.2) is 82.4 Å². The molecule has 1 aromatic carbocycles. The first-order valence-corrected chi connectivity index (χ1v) is 12.9. The van der Waals surface area contributed by atoms with Crippen molar-refractivity contribution in [1.29, 1.82) is 0 Å². The van der Waals surface area contributed by atoms with Crippen LogP contribution in [0, 0.1) is 0 Å². The lowest BCUT2D eigenvalue weighted by Gasteiger charge is -2.21. The first-order valence-electron chi connectivity index (χ1n) is 12.5. The summed E-state index contributed by atoms with van der Waals surface area (Å²) in [5.74, 6) is 5.67. The number of amides is 2. The zero-order chi connectivity index (χ0) is 29.7. The highest BCUT2D eigenvalue weighted by molar-refractivity contribution is 6.33. The van der Waals surface area contributed by atoms with Crippen molar-refractivity contribution in [3.05, 3.63) is 76.7 Å². The fourth-order valence-electron chi connectivity index (χ4n) is 4.11. The maximum Gasteiger partial charge on any atom is 0.254 e. The van der Waals surface area contributed by atoms with Crippen molar-refractivity contribution in [3.63, 3.8) is 0 Å². The van der Waals surface area contributed by atoms with Gasteiger partial charge in [-0.15, -0.1) is 0 Å². The van der Waals surface area contributed by atoms with Crippen molar-refractivity contribution < 1.29 is 14.7 Å². The average Bonchev–Trinajstić information content (AvgIpc) is 3.25. The number of anilines is 2. The molecule has 0 spiro atoms. The number of hydrogen-bond acceptors (Lipinski definition) is 11. The van der Waals surface area contributed by atoms with Gasteiger partial charge in [0.05, 0.1) is 47.2 Å². The highest BCUT2D eigenvalue weighted by Crippen LogP contribution is 2.31.